The van der Waals surface area contributed by atoms with Gasteiger partial charge in [-0.15, -0.1) is 11.3 Å². The predicted octanol–water partition coefficient (Wildman–Crippen LogP) is 7.83. The van der Waals surface area contributed by atoms with Gasteiger partial charge < -0.3 is 14.5 Å². The molecule has 0 aliphatic rings. The van der Waals surface area contributed by atoms with Crippen molar-refractivity contribution >= 4 is 55.8 Å². The van der Waals surface area contributed by atoms with Gasteiger partial charge in [-0.05, 0) is 79.9 Å². The molecule has 0 spiro atoms. The molecule has 3 aromatic carbocycles. The summed E-state index contributed by atoms with van der Waals surface area (Å²) in [6.07, 6.45) is 2.39. The number of nitrogens with zero attached hydrogens (tertiary/aromatic N) is 3. The van der Waals surface area contributed by atoms with Gasteiger partial charge in [0, 0.05) is 35.3 Å². The van der Waals surface area contributed by atoms with E-state index in [-0.39, 0.29) is 23.6 Å². The second-order valence-corrected chi connectivity index (χ2v) is 11.5. The minimum absolute atomic E-state index is 0.00233. The number of hydrogen-bond donors (Lipinski definition) is 1. The normalized spacial score (nSPS) is 11.7. The highest BCUT2D eigenvalue weighted by Crippen LogP contribution is 2.32. The van der Waals surface area contributed by atoms with Gasteiger partial charge in [0.2, 0.25) is 5.55 Å². The van der Waals surface area contributed by atoms with Crippen molar-refractivity contribution in [3.8, 4) is 10.6 Å². The summed E-state index contributed by atoms with van der Waals surface area (Å²) in [7, 11) is 0. The average molecular weight is 603 g/mol. The Morgan fingerprint density at radius 3 is 2.57 bits per heavy atom. The van der Waals surface area contributed by atoms with Crippen molar-refractivity contribution in [3.63, 3.8) is 0 Å². The van der Waals surface area contributed by atoms with E-state index in [1.807, 2.05) is 68.4 Å². The second-order valence-electron chi connectivity index (χ2n) is 10.5. The van der Waals surface area contributed by atoms with Gasteiger partial charge in [-0.25, -0.2) is 9.98 Å². The molecular formula is C35H30N4O4S. The van der Waals surface area contributed by atoms with Crippen LogP contribution in [0.4, 0.5) is 11.4 Å². The van der Waals surface area contributed by atoms with Crippen molar-refractivity contribution in [1.82, 2.24) is 9.97 Å². The molecule has 0 fully saturated rings. The molecule has 0 radical (unpaired) electrons. The van der Waals surface area contributed by atoms with E-state index in [0.29, 0.717) is 33.6 Å². The standard InChI is InChI=1S/C35H30N4O4S/c1-5-23-8-6-7-9-29(23)38-33(41)28-17-27-25(19-42-22(4)40)18-36-21(3)32(27)43-34(28)37-26-13-11-24(12-14-26)35-39-30-15-10-20(2)16-31(30)44-35/h6-18H,5,19H2,1-4H3,(H,38,41). The van der Waals surface area contributed by atoms with Gasteiger partial charge in [0.15, 0.2) is 5.58 Å². The number of aromatic nitrogens is 2. The molecule has 0 aliphatic heterocycles. The van der Waals surface area contributed by atoms with Crippen molar-refractivity contribution in [2.24, 2.45) is 4.99 Å². The summed E-state index contributed by atoms with van der Waals surface area (Å²) in [4.78, 5) is 39.3. The van der Waals surface area contributed by atoms with Crippen LogP contribution in [-0.4, -0.2) is 21.8 Å². The van der Waals surface area contributed by atoms with Crippen LogP contribution in [0, 0.1) is 13.8 Å². The number of esters is 1. The maximum atomic E-state index is 13.8. The highest BCUT2D eigenvalue weighted by atomic mass is 32.1. The quantitative estimate of drug-likeness (QED) is 0.187. The number of hydrogen-bond acceptors (Lipinski definition) is 8. The van der Waals surface area contributed by atoms with E-state index in [1.54, 1.807) is 23.6 Å². The van der Waals surface area contributed by atoms with Gasteiger partial charge in [0.25, 0.3) is 5.91 Å². The molecule has 44 heavy (non-hydrogen) atoms. The number of fused-ring (bicyclic) bond motifs is 2. The molecule has 0 saturated carbocycles. The van der Waals surface area contributed by atoms with Crippen LogP contribution in [0.5, 0.6) is 0 Å². The van der Waals surface area contributed by atoms with Crippen LogP contribution in [0.3, 0.4) is 0 Å². The molecule has 0 saturated heterocycles. The van der Waals surface area contributed by atoms with Crippen molar-refractivity contribution in [3.05, 3.63) is 112 Å². The Morgan fingerprint density at radius 2 is 1.80 bits per heavy atom. The molecule has 6 aromatic rings. The van der Waals surface area contributed by atoms with Crippen LogP contribution < -0.4 is 10.9 Å². The first-order valence-electron chi connectivity index (χ1n) is 14.3. The Kier molecular flexibility index (Phi) is 8.04. The van der Waals surface area contributed by atoms with Gasteiger partial charge in [0.05, 0.1) is 21.6 Å². The number of aryl methyl sites for hydroxylation is 3. The van der Waals surface area contributed by atoms with Crippen LogP contribution in [0.2, 0.25) is 0 Å². The third kappa shape index (κ3) is 6.00. The Balaban J connectivity index is 1.45. The molecule has 0 bridgehead atoms. The van der Waals surface area contributed by atoms with Crippen LogP contribution in [0.1, 0.15) is 46.6 Å². The number of carbonyl (C=O) groups is 2. The van der Waals surface area contributed by atoms with E-state index in [0.717, 1.165) is 32.8 Å². The third-order valence-corrected chi connectivity index (χ3v) is 8.33. The van der Waals surface area contributed by atoms with E-state index in [2.05, 4.69) is 29.4 Å². The molecule has 9 heteroatoms. The molecule has 1 N–H and O–H groups in total. The fraction of sp³-hybridized carbons (Fsp3) is 0.171. The van der Waals surface area contributed by atoms with E-state index < -0.39 is 5.97 Å². The van der Waals surface area contributed by atoms with Gasteiger partial charge >= 0.3 is 5.97 Å². The maximum absolute atomic E-state index is 13.8. The number of amides is 1. The molecule has 8 nitrogen and oxygen atoms in total. The monoisotopic (exact) mass is 602 g/mol. The van der Waals surface area contributed by atoms with Crippen molar-refractivity contribution in [2.75, 3.05) is 5.32 Å². The fourth-order valence-electron chi connectivity index (χ4n) is 4.92. The van der Waals surface area contributed by atoms with Crippen LogP contribution in [0.25, 0.3) is 31.8 Å². The molecule has 1 amide bonds. The topological polar surface area (TPSA) is 107 Å². The van der Waals surface area contributed by atoms with Crippen LogP contribution in [0.15, 0.2) is 88.4 Å². The molecule has 0 aliphatic carbocycles. The number of nitrogens with one attached hydrogen (secondary N) is 1. The summed E-state index contributed by atoms with van der Waals surface area (Å²) >= 11 is 1.64. The fourth-order valence-corrected chi connectivity index (χ4v) is 5.99. The van der Waals surface area contributed by atoms with E-state index in [9.17, 15) is 9.59 Å². The molecule has 3 aromatic heterocycles. The van der Waals surface area contributed by atoms with Crippen molar-refractivity contribution < 1.29 is 18.7 Å². The Labute approximate surface area is 258 Å². The van der Waals surface area contributed by atoms with Gasteiger partial charge in [-0.3, -0.25) is 14.6 Å². The summed E-state index contributed by atoms with van der Waals surface area (Å²) in [5.41, 5.74) is 7.55. The predicted molar refractivity (Wildman–Crippen MR) is 173 cm³/mol. The molecule has 3 heterocycles. The number of para-hydroxylation sites is 1. The molecule has 0 unspecified atom stereocenters. The zero-order chi connectivity index (χ0) is 30.8. The number of rotatable bonds is 7. The van der Waals surface area contributed by atoms with E-state index >= 15 is 0 Å². The number of anilines is 1. The largest absolute Gasteiger partial charge is 0.461 e. The second kappa shape index (κ2) is 12.2. The highest BCUT2D eigenvalue weighted by molar-refractivity contribution is 7.21. The molecule has 6 rings (SSSR count). The first-order chi connectivity index (χ1) is 21.3. The van der Waals surface area contributed by atoms with Crippen LogP contribution in [-0.2, 0) is 22.6 Å². The zero-order valence-electron chi connectivity index (χ0n) is 24.8. The van der Waals surface area contributed by atoms with Crippen molar-refractivity contribution in [2.45, 2.75) is 40.7 Å². The lowest BCUT2D eigenvalue weighted by Crippen LogP contribution is -2.22. The average Bonchev–Trinajstić information content (AvgIpc) is 3.44. The first kappa shape index (κ1) is 28.9. The smallest absolute Gasteiger partial charge is 0.302 e. The van der Waals surface area contributed by atoms with Gasteiger partial charge in [0.1, 0.15) is 17.2 Å². The minimum Gasteiger partial charge on any atom is -0.461 e. The summed E-state index contributed by atoms with van der Waals surface area (Å²) < 4.78 is 12.7. The molecule has 220 valence electrons. The maximum Gasteiger partial charge on any atom is 0.302 e. The summed E-state index contributed by atoms with van der Waals surface area (Å²) in [6, 6.07) is 23.3. The Bertz CT molecular complexity index is 2110. The lowest BCUT2D eigenvalue weighted by molar-refractivity contribution is -0.142. The Hall–Kier alpha value is -5.15. The van der Waals surface area contributed by atoms with Crippen LogP contribution >= 0.6 is 11.3 Å². The summed E-state index contributed by atoms with van der Waals surface area (Å²) in [6.45, 7) is 7.27. The third-order valence-electron chi connectivity index (χ3n) is 7.26. The number of benzene rings is 3. The number of carbonyl (C=O) groups excluding carboxylic acids is 2. The highest BCUT2D eigenvalue weighted by Gasteiger charge is 2.18. The lowest BCUT2D eigenvalue weighted by Gasteiger charge is -2.12. The van der Waals surface area contributed by atoms with Gasteiger partial charge in [-0.1, -0.05) is 31.2 Å². The number of ether oxygens (including phenoxy) is 1. The van der Waals surface area contributed by atoms with E-state index in [1.165, 1.54) is 12.5 Å². The minimum atomic E-state index is -0.416. The van der Waals surface area contributed by atoms with Gasteiger partial charge in [-0.2, -0.15) is 0 Å². The first-order valence-corrected chi connectivity index (χ1v) is 15.1. The summed E-state index contributed by atoms with van der Waals surface area (Å²) in [5, 5.41) is 4.57. The molecular weight excluding hydrogens is 572 g/mol. The lowest BCUT2D eigenvalue weighted by atomic mass is 10.1. The molecule has 0 atom stereocenters. The van der Waals surface area contributed by atoms with Crippen molar-refractivity contribution in [1.29, 1.82) is 0 Å². The number of pyridine rings is 1. The summed E-state index contributed by atoms with van der Waals surface area (Å²) in [5.74, 6) is -0.787. The number of thiazole rings is 1. The Morgan fingerprint density at radius 1 is 1.00 bits per heavy atom. The van der Waals surface area contributed by atoms with E-state index in [4.69, 9.17) is 19.1 Å². The SMILES string of the molecule is CCc1ccccc1NC(=O)c1cc2c(COC(C)=O)cnc(C)c2oc1=Nc1ccc(-c2nc3ccc(C)cc3s2)cc1. The zero-order valence-corrected chi connectivity index (χ0v) is 25.6.